The fourth-order valence-corrected chi connectivity index (χ4v) is 2.33. The number of anilines is 1. The van der Waals surface area contributed by atoms with Crippen LogP contribution in [-0.2, 0) is 9.84 Å². The van der Waals surface area contributed by atoms with Crippen LogP contribution in [-0.4, -0.2) is 31.3 Å². The molecule has 0 fully saturated rings. The van der Waals surface area contributed by atoms with Crippen LogP contribution in [0, 0.1) is 6.92 Å². The third-order valence-corrected chi connectivity index (χ3v) is 5.29. The summed E-state index contributed by atoms with van der Waals surface area (Å²) in [5.41, 5.74) is 7.51. The van der Waals surface area contributed by atoms with Crippen molar-refractivity contribution < 1.29 is 13.2 Å². The largest absolute Gasteiger partial charge is 0.398 e. The number of hydrogen-bond donors (Lipinski definition) is 2. The first-order valence-electron chi connectivity index (χ1n) is 5.74. The van der Waals surface area contributed by atoms with Gasteiger partial charge in [0.15, 0.2) is 9.84 Å². The molecule has 7 heteroatoms. The summed E-state index contributed by atoms with van der Waals surface area (Å²) >= 11 is 5.52. The third kappa shape index (κ3) is 4.40. The highest BCUT2D eigenvalue weighted by Crippen LogP contribution is 2.12. The van der Waals surface area contributed by atoms with Crippen molar-refractivity contribution in [2.45, 2.75) is 18.6 Å². The SMILES string of the molecule is Cc1ccc(C(=O)NCCS(=O)(=O)C(C)Cl)cc1N. The lowest BCUT2D eigenvalue weighted by Crippen LogP contribution is -2.31. The zero-order chi connectivity index (χ0) is 14.6. The molecule has 1 rings (SSSR count). The van der Waals surface area contributed by atoms with Crippen molar-refractivity contribution >= 4 is 33.0 Å². The molecule has 1 atom stereocenters. The quantitative estimate of drug-likeness (QED) is 0.634. The van der Waals surface area contributed by atoms with Gasteiger partial charge in [0.25, 0.3) is 5.91 Å². The number of nitrogens with two attached hydrogens (primary N) is 1. The number of sulfone groups is 1. The van der Waals surface area contributed by atoms with Crippen molar-refractivity contribution in [2.24, 2.45) is 0 Å². The van der Waals surface area contributed by atoms with E-state index >= 15 is 0 Å². The van der Waals surface area contributed by atoms with E-state index in [0.29, 0.717) is 11.3 Å². The van der Waals surface area contributed by atoms with Gasteiger partial charge in [0, 0.05) is 17.8 Å². The molecular formula is C12H17ClN2O3S. The van der Waals surface area contributed by atoms with Crippen molar-refractivity contribution in [3.05, 3.63) is 29.3 Å². The van der Waals surface area contributed by atoms with Crippen molar-refractivity contribution in [1.82, 2.24) is 5.32 Å². The Balaban J connectivity index is 2.59. The maximum absolute atomic E-state index is 11.8. The standard InChI is InChI=1S/C12H17ClN2O3S/c1-8-3-4-10(7-11(8)14)12(16)15-5-6-19(17,18)9(2)13/h3-4,7,9H,5-6,14H2,1-2H3,(H,15,16). The number of nitrogens with one attached hydrogen (secondary N) is 1. The number of amides is 1. The Labute approximate surface area is 118 Å². The molecule has 19 heavy (non-hydrogen) atoms. The molecule has 5 nitrogen and oxygen atoms in total. The zero-order valence-electron chi connectivity index (χ0n) is 10.8. The van der Waals surface area contributed by atoms with Crippen molar-refractivity contribution in [3.8, 4) is 0 Å². The molecule has 0 bridgehead atoms. The third-order valence-electron chi connectivity index (χ3n) is 2.71. The molecule has 1 aromatic rings. The van der Waals surface area contributed by atoms with E-state index in [1.165, 1.54) is 6.92 Å². The van der Waals surface area contributed by atoms with Gasteiger partial charge >= 0.3 is 0 Å². The van der Waals surface area contributed by atoms with Crippen molar-refractivity contribution in [3.63, 3.8) is 0 Å². The molecule has 0 saturated heterocycles. The lowest BCUT2D eigenvalue weighted by atomic mass is 10.1. The van der Waals surface area contributed by atoms with Gasteiger partial charge in [0.1, 0.15) is 4.71 Å². The molecule has 0 aliphatic rings. The minimum absolute atomic E-state index is 0.0198. The molecule has 1 amide bonds. The Morgan fingerprint density at radius 2 is 2.11 bits per heavy atom. The van der Waals surface area contributed by atoms with E-state index in [4.69, 9.17) is 17.3 Å². The second-order valence-electron chi connectivity index (χ2n) is 4.24. The van der Waals surface area contributed by atoms with Gasteiger partial charge in [0.05, 0.1) is 5.75 Å². The van der Waals surface area contributed by atoms with Gasteiger partial charge in [-0.05, 0) is 31.5 Å². The fourth-order valence-electron chi connectivity index (χ4n) is 1.35. The van der Waals surface area contributed by atoms with E-state index < -0.39 is 14.5 Å². The van der Waals surface area contributed by atoms with Gasteiger partial charge in [-0.3, -0.25) is 4.79 Å². The lowest BCUT2D eigenvalue weighted by molar-refractivity contribution is 0.0956. The summed E-state index contributed by atoms with van der Waals surface area (Å²) in [5, 5.41) is 2.52. The number of nitrogen functional groups attached to an aromatic ring is 1. The van der Waals surface area contributed by atoms with Crippen LogP contribution >= 0.6 is 11.6 Å². The van der Waals surface area contributed by atoms with Crippen LogP contribution in [0.5, 0.6) is 0 Å². The van der Waals surface area contributed by atoms with Gasteiger partial charge in [-0.15, -0.1) is 11.6 Å². The average Bonchev–Trinajstić information content (AvgIpc) is 2.32. The maximum Gasteiger partial charge on any atom is 0.251 e. The molecule has 0 spiro atoms. The van der Waals surface area contributed by atoms with Gasteiger partial charge in [-0.2, -0.15) is 0 Å². The molecule has 0 heterocycles. The van der Waals surface area contributed by atoms with E-state index in [1.54, 1.807) is 18.2 Å². The molecule has 0 saturated carbocycles. The van der Waals surface area contributed by atoms with Crippen molar-refractivity contribution in [2.75, 3.05) is 18.0 Å². The summed E-state index contributed by atoms with van der Waals surface area (Å²) < 4.78 is 21.9. The number of aryl methyl sites for hydroxylation is 1. The normalized spacial score (nSPS) is 13.0. The molecular weight excluding hydrogens is 288 g/mol. The molecule has 106 valence electrons. The van der Waals surface area contributed by atoms with Gasteiger partial charge in [-0.25, -0.2) is 8.42 Å². The molecule has 0 aliphatic carbocycles. The van der Waals surface area contributed by atoms with Crippen LogP contribution in [0.25, 0.3) is 0 Å². The summed E-state index contributed by atoms with van der Waals surface area (Å²) in [4.78, 5) is 11.8. The van der Waals surface area contributed by atoms with Crippen LogP contribution in [0.3, 0.4) is 0 Å². The van der Waals surface area contributed by atoms with E-state index in [0.717, 1.165) is 5.56 Å². The first-order chi connectivity index (χ1) is 8.74. The van der Waals surface area contributed by atoms with E-state index in [-0.39, 0.29) is 18.2 Å². The van der Waals surface area contributed by atoms with E-state index in [9.17, 15) is 13.2 Å². The van der Waals surface area contributed by atoms with E-state index in [2.05, 4.69) is 5.32 Å². The number of rotatable bonds is 5. The Morgan fingerprint density at radius 1 is 1.47 bits per heavy atom. The Bertz CT molecular complexity index is 570. The monoisotopic (exact) mass is 304 g/mol. The van der Waals surface area contributed by atoms with Crippen LogP contribution in [0.1, 0.15) is 22.8 Å². The molecule has 0 radical (unpaired) electrons. The number of alkyl halides is 1. The first-order valence-corrected chi connectivity index (χ1v) is 7.89. The lowest BCUT2D eigenvalue weighted by Gasteiger charge is -2.08. The van der Waals surface area contributed by atoms with Crippen molar-refractivity contribution in [1.29, 1.82) is 0 Å². The molecule has 1 aromatic carbocycles. The van der Waals surface area contributed by atoms with E-state index in [1.807, 2.05) is 6.92 Å². The van der Waals surface area contributed by atoms with Gasteiger partial charge in [0.2, 0.25) is 0 Å². The van der Waals surface area contributed by atoms with Crippen LogP contribution in [0.4, 0.5) is 5.69 Å². The Hall–Kier alpha value is -1.27. The zero-order valence-corrected chi connectivity index (χ0v) is 12.4. The second kappa shape index (κ2) is 6.25. The van der Waals surface area contributed by atoms with Gasteiger partial charge < -0.3 is 11.1 Å². The Kier molecular flexibility index (Phi) is 5.20. The maximum atomic E-state index is 11.8. The average molecular weight is 305 g/mol. The number of carbonyl (C=O) groups excluding carboxylic acids is 1. The van der Waals surface area contributed by atoms with Crippen LogP contribution in [0.15, 0.2) is 18.2 Å². The number of benzene rings is 1. The Morgan fingerprint density at radius 3 is 2.63 bits per heavy atom. The smallest absolute Gasteiger partial charge is 0.251 e. The molecule has 0 aliphatic heterocycles. The summed E-state index contributed by atoms with van der Waals surface area (Å²) in [7, 11) is -3.36. The molecule has 1 unspecified atom stereocenters. The molecule has 0 aromatic heterocycles. The van der Waals surface area contributed by atoms with Crippen LogP contribution in [0.2, 0.25) is 0 Å². The fraction of sp³-hybridized carbons (Fsp3) is 0.417. The highest BCUT2D eigenvalue weighted by atomic mass is 35.5. The summed E-state index contributed by atoms with van der Waals surface area (Å²) in [6, 6.07) is 4.94. The molecule has 3 N–H and O–H groups in total. The predicted molar refractivity (Wildman–Crippen MR) is 77.0 cm³/mol. The number of carbonyl (C=O) groups is 1. The second-order valence-corrected chi connectivity index (χ2v) is 7.59. The van der Waals surface area contributed by atoms with Crippen LogP contribution < -0.4 is 11.1 Å². The predicted octanol–water partition coefficient (Wildman–Crippen LogP) is 1.31. The first kappa shape index (κ1) is 15.8. The number of hydrogen-bond acceptors (Lipinski definition) is 4. The summed E-state index contributed by atoms with van der Waals surface area (Å²) in [6.07, 6.45) is 0. The topological polar surface area (TPSA) is 89.3 Å². The minimum Gasteiger partial charge on any atom is -0.398 e. The minimum atomic E-state index is -3.36. The number of halogens is 1. The highest BCUT2D eigenvalue weighted by Gasteiger charge is 2.18. The highest BCUT2D eigenvalue weighted by molar-refractivity contribution is 7.93. The summed E-state index contributed by atoms with van der Waals surface area (Å²) in [6.45, 7) is 3.25. The summed E-state index contributed by atoms with van der Waals surface area (Å²) in [5.74, 6) is -0.547. The van der Waals surface area contributed by atoms with Gasteiger partial charge in [-0.1, -0.05) is 6.07 Å².